The molecule has 0 atom stereocenters. The first-order valence-electron chi connectivity index (χ1n) is 6.68. The third-order valence-corrected chi connectivity index (χ3v) is 3.58. The molecular weight excluding hydrogens is 258 g/mol. The molecule has 1 aromatic heterocycles. The highest BCUT2D eigenvalue weighted by molar-refractivity contribution is 7.98. The number of aromatic nitrogens is 2. The Morgan fingerprint density at radius 1 is 1.21 bits per heavy atom. The lowest BCUT2D eigenvalue weighted by molar-refractivity contribution is 0.768. The summed E-state index contributed by atoms with van der Waals surface area (Å²) in [5, 5.41) is 3.39. The summed E-state index contributed by atoms with van der Waals surface area (Å²) in [7, 11) is 0. The van der Waals surface area contributed by atoms with Crippen molar-refractivity contribution in [1.29, 1.82) is 0 Å². The van der Waals surface area contributed by atoms with Gasteiger partial charge < -0.3 is 10.7 Å². The number of nitrogen functional groups attached to an aromatic ring is 1. The van der Waals surface area contributed by atoms with Crippen molar-refractivity contribution >= 4 is 23.4 Å². The molecule has 108 valence electrons. The number of rotatable bonds is 8. The zero-order chi connectivity index (χ0) is 14.3. The van der Waals surface area contributed by atoms with Crippen molar-refractivity contribution < 1.29 is 0 Å². The molecule has 19 heavy (non-hydrogen) atoms. The summed E-state index contributed by atoms with van der Waals surface area (Å²) in [5.74, 6) is 9.39. The number of nitrogens with zero attached hydrogens (tertiary/aromatic N) is 2. The van der Waals surface area contributed by atoms with E-state index >= 15 is 0 Å². The molecule has 1 rings (SSSR count). The Morgan fingerprint density at radius 2 is 1.89 bits per heavy atom. The normalized spacial score (nSPS) is 10.8. The van der Waals surface area contributed by atoms with Crippen LogP contribution in [0.1, 0.15) is 44.0 Å². The molecule has 4 N–H and O–H groups in total. The average Bonchev–Trinajstić information content (AvgIpc) is 2.40. The Labute approximate surface area is 120 Å². The Hall–Kier alpha value is -1.01. The van der Waals surface area contributed by atoms with Gasteiger partial charge in [-0.3, -0.25) is 0 Å². The minimum Gasteiger partial charge on any atom is -0.370 e. The molecule has 1 heterocycles. The van der Waals surface area contributed by atoms with Crippen LogP contribution in [0.25, 0.3) is 0 Å². The zero-order valence-electron chi connectivity index (χ0n) is 12.3. The van der Waals surface area contributed by atoms with Crippen LogP contribution < -0.4 is 16.6 Å². The quantitative estimate of drug-likeness (QED) is 0.387. The van der Waals surface area contributed by atoms with Gasteiger partial charge in [-0.2, -0.15) is 11.8 Å². The van der Waals surface area contributed by atoms with Gasteiger partial charge in [-0.15, -0.1) is 0 Å². The topological polar surface area (TPSA) is 75.9 Å². The Kier molecular flexibility index (Phi) is 6.94. The highest BCUT2D eigenvalue weighted by Gasteiger charge is 2.12. The lowest BCUT2D eigenvalue weighted by atomic mass is 10.2. The van der Waals surface area contributed by atoms with Gasteiger partial charge in [-0.1, -0.05) is 13.8 Å². The third-order valence-electron chi connectivity index (χ3n) is 2.88. The summed E-state index contributed by atoms with van der Waals surface area (Å²) in [6.07, 6.45) is 4.50. The lowest BCUT2D eigenvalue weighted by Gasteiger charge is -2.14. The van der Waals surface area contributed by atoms with Crippen molar-refractivity contribution in [2.24, 2.45) is 5.84 Å². The van der Waals surface area contributed by atoms with Gasteiger partial charge in [0.15, 0.2) is 0 Å². The number of hydrogen-bond acceptors (Lipinski definition) is 6. The molecule has 5 nitrogen and oxygen atoms in total. The van der Waals surface area contributed by atoms with Crippen molar-refractivity contribution in [2.75, 3.05) is 29.3 Å². The van der Waals surface area contributed by atoms with Crippen molar-refractivity contribution in [3.8, 4) is 0 Å². The largest absolute Gasteiger partial charge is 0.370 e. The molecule has 0 bridgehead atoms. The van der Waals surface area contributed by atoms with E-state index in [1.54, 1.807) is 0 Å². The van der Waals surface area contributed by atoms with Gasteiger partial charge in [0.05, 0.1) is 0 Å². The van der Waals surface area contributed by atoms with Crippen LogP contribution in [0, 0.1) is 6.92 Å². The first kappa shape index (κ1) is 16.0. The number of anilines is 2. The summed E-state index contributed by atoms with van der Waals surface area (Å²) in [6.45, 7) is 7.06. The van der Waals surface area contributed by atoms with Crippen LogP contribution in [0.4, 0.5) is 11.6 Å². The molecule has 0 unspecified atom stereocenters. The summed E-state index contributed by atoms with van der Waals surface area (Å²) >= 11 is 1.88. The fraction of sp³-hybridized carbons (Fsp3) is 0.692. The molecule has 6 heteroatoms. The molecule has 0 aliphatic carbocycles. The number of nitrogens with two attached hydrogens (primary N) is 1. The van der Waals surface area contributed by atoms with Gasteiger partial charge in [-0.05, 0) is 31.8 Å². The molecule has 0 fully saturated rings. The van der Waals surface area contributed by atoms with Crippen molar-refractivity contribution in [3.05, 3.63) is 11.4 Å². The Morgan fingerprint density at radius 3 is 2.47 bits per heavy atom. The van der Waals surface area contributed by atoms with E-state index in [4.69, 9.17) is 5.84 Å². The highest BCUT2D eigenvalue weighted by atomic mass is 32.2. The monoisotopic (exact) mass is 283 g/mol. The standard InChI is InChI=1S/C13H25N5S/c1-9(2)11-16-12(10(3)13(17-11)18-14)15-7-5-6-8-19-4/h9H,5-8,14H2,1-4H3,(H2,15,16,17,18). The van der Waals surface area contributed by atoms with Gasteiger partial charge in [0.25, 0.3) is 0 Å². The smallest absolute Gasteiger partial charge is 0.148 e. The van der Waals surface area contributed by atoms with Crippen LogP contribution >= 0.6 is 11.8 Å². The minimum absolute atomic E-state index is 0.282. The van der Waals surface area contributed by atoms with Gasteiger partial charge in [0, 0.05) is 18.0 Å². The predicted octanol–water partition coefficient (Wildman–Crippen LogP) is 2.75. The van der Waals surface area contributed by atoms with Gasteiger partial charge in [0.1, 0.15) is 17.5 Å². The van der Waals surface area contributed by atoms with Crippen molar-refractivity contribution in [1.82, 2.24) is 9.97 Å². The van der Waals surface area contributed by atoms with Gasteiger partial charge >= 0.3 is 0 Å². The van der Waals surface area contributed by atoms with Crippen LogP contribution in [-0.4, -0.2) is 28.5 Å². The van der Waals surface area contributed by atoms with Crippen molar-refractivity contribution in [3.63, 3.8) is 0 Å². The fourth-order valence-electron chi connectivity index (χ4n) is 1.68. The number of unbranched alkanes of at least 4 members (excludes halogenated alkanes) is 1. The van der Waals surface area contributed by atoms with E-state index in [1.807, 2.05) is 18.7 Å². The average molecular weight is 283 g/mol. The molecule has 0 amide bonds. The van der Waals surface area contributed by atoms with E-state index in [2.05, 4.69) is 40.8 Å². The Balaban J connectivity index is 2.72. The predicted molar refractivity (Wildman–Crippen MR) is 84.8 cm³/mol. The van der Waals surface area contributed by atoms with E-state index in [-0.39, 0.29) is 5.92 Å². The first-order chi connectivity index (χ1) is 9.10. The molecular formula is C13H25N5S. The molecule has 0 aliphatic rings. The molecule has 0 saturated carbocycles. The number of thioether (sulfide) groups is 1. The lowest BCUT2D eigenvalue weighted by Crippen LogP contribution is -2.16. The van der Waals surface area contributed by atoms with Crippen LogP contribution in [-0.2, 0) is 0 Å². The van der Waals surface area contributed by atoms with E-state index in [0.29, 0.717) is 5.82 Å². The SMILES string of the molecule is CSCCCCNc1nc(C(C)C)nc(NN)c1C. The second-order valence-corrected chi connectivity index (χ2v) is 5.82. The van der Waals surface area contributed by atoms with E-state index in [1.165, 1.54) is 12.2 Å². The molecule has 0 spiro atoms. The minimum atomic E-state index is 0.282. The number of hydrazine groups is 1. The first-order valence-corrected chi connectivity index (χ1v) is 8.07. The molecule has 0 aliphatic heterocycles. The second kappa shape index (κ2) is 8.22. The second-order valence-electron chi connectivity index (χ2n) is 4.83. The van der Waals surface area contributed by atoms with E-state index < -0.39 is 0 Å². The highest BCUT2D eigenvalue weighted by Crippen LogP contribution is 2.22. The maximum atomic E-state index is 5.51. The fourth-order valence-corrected chi connectivity index (χ4v) is 2.18. The number of hydrogen-bond donors (Lipinski definition) is 3. The summed E-state index contributed by atoms with van der Waals surface area (Å²) < 4.78 is 0. The Bertz CT molecular complexity index is 395. The summed E-state index contributed by atoms with van der Waals surface area (Å²) in [4.78, 5) is 8.99. The van der Waals surface area contributed by atoms with Crippen LogP contribution in [0.2, 0.25) is 0 Å². The van der Waals surface area contributed by atoms with Crippen LogP contribution in [0.3, 0.4) is 0 Å². The molecule has 0 saturated heterocycles. The van der Waals surface area contributed by atoms with Gasteiger partial charge in [0.2, 0.25) is 0 Å². The van der Waals surface area contributed by atoms with Crippen LogP contribution in [0.15, 0.2) is 0 Å². The maximum absolute atomic E-state index is 5.51. The number of nitrogens with one attached hydrogen (secondary N) is 2. The van der Waals surface area contributed by atoms with Crippen LogP contribution in [0.5, 0.6) is 0 Å². The molecule has 1 aromatic rings. The summed E-state index contributed by atoms with van der Waals surface area (Å²) in [5.41, 5.74) is 3.62. The van der Waals surface area contributed by atoms with Gasteiger partial charge in [-0.25, -0.2) is 15.8 Å². The van der Waals surface area contributed by atoms with E-state index in [9.17, 15) is 0 Å². The zero-order valence-corrected chi connectivity index (χ0v) is 13.1. The summed E-state index contributed by atoms with van der Waals surface area (Å²) in [6, 6.07) is 0. The van der Waals surface area contributed by atoms with E-state index in [0.717, 1.165) is 30.2 Å². The molecule has 0 radical (unpaired) electrons. The third kappa shape index (κ3) is 4.87. The maximum Gasteiger partial charge on any atom is 0.148 e. The molecule has 0 aromatic carbocycles. The van der Waals surface area contributed by atoms with Crippen molar-refractivity contribution in [2.45, 2.75) is 39.5 Å².